The fraction of sp³-hybridized carbons (Fsp3) is 0.458. The zero-order valence-electron chi connectivity index (χ0n) is 18.7. The van der Waals surface area contributed by atoms with E-state index in [2.05, 4.69) is 20.5 Å². The third-order valence-electron chi connectivity index (χ3n) is 5.53. The fourth-order valence-electron chi connectivity index (χ4n) is 3.86. The van der Waals surface area contributed by atoms with Gasteiger partial charge in [-0.25, -0.2) is 8.78 Å². The Morgan fingerprint density at radius 3 is 2.39 bits per heavy atom. The Hall–Kier alpha value is -2.51. The standard InChI is InChI=1S/C24H33F2N5/c1-27-24(28-15-19-6-9-23(26)20(14-19)17-30(2)3)29-22-10-12-31(13-11-22)16-18-4-7-21(25)8-5-18/h4-9,14,22H,10-13,15-17H2,1-3H3,(H2,27,28,29). The van der Waals surface area contributed by atoms with Crippen LogP contribution in [0.5, 0.6) is 0 Å². The molecule has 7 heteroatoms. The second-order valence-corrected chi connectivity index (χ2v) is 8.41. The van der Waals surface area contributed by atoms with Gasteiger partial charge in [-0.05, 0) is 62.3 Å². The molecule has 0 aliphatic carbocycles. The second kappa shape index (κ2) is 11.2. The molecule has 0 aromatic heterocycles. The lowest BCUT2D eigenvalue weighted by atomic mass is 10.0. The van der Waals surface area contributed by atoms with E-state index in [1.54, 1.807) is 7.05 Å². The molecule has 2 aromatic carbocycles. The molecule has 1 heterocycles. The van der Waals surface area contributed by atoms with Crippen LogP contribution in [-0.4, -0.2) is 56.0 Å². The van der Waals surface area contributed by atoms with E-state index in [4.69, 9.17) is 0 Å². The van der Waals surface area contributed by atoms with Crippen LogP contribution in [0.25, 0.3) is 0 Å². The smallest absolute Gasteiger partial charge is 0.191 e. The summed E-state index contributed by atoms with van der Waals surface area (Å²) < 4.78 is 27.1. The summed E-state index contributed by atoms with van der Waals surface area (Å²) in [5.41, 5.74) is 2.86. The maximum atomic E-state index is 14.0. The van der Waals surface area contributed by atoms with Crippen molar-refractivity contribution >= 4 is 5.96 Å². The number of nitrogens with one attached hydrogen (secondary N) is 2. The summed E-state index contributed by atoms with van der Waals surface area (Å²) in [6.07, 6.45) is 2.04. The van der Waals surface area contributed by atoms with Gasteiger partial charge in [0.15, 0.2) is 5.96 Å². The molecule has 0 amide bonds. The quantitative estimate of drug-likeness (QED) is 0.523. The van der Waals surface area contributed by atoms with Gasteiger partial charge in [-0.1, -0.05) is 18.2 Å². The average molecular weight is 430 g/mol. The van der Waals surface area contributed by atoms with E-state index < -0.39 is 0 Å². The van der Waals surface area contributed by atoms with Crippen LogP contribution in [0.4, 0.5) is 8.78 Å². The van der Waals surface area contributed by atoms with Crippen LogP contribution in [0.2, 0.25) is 0 Å². The van der Waals surface area contributed by atoms with Crippen molar-refractivity contribution < 1.29 is 8.78 Å². The van der Waals surface area contributed by atoms with Gasteiger partial charge in [-0.15, -0.1) is 0 Å². The molecular weight excluding hydrogens is 396 g/mol. The molecule has 0 unspecified atom stereocenters. The van der Waals surface area contributed by atoms with Crippen LogP contribution < -0.4 is 10.6 Å². The first-order valence-corrected chi connectivity index (χ1v) is 10.8. The number of likely N-dealkylation sites (tertiary alicyclic amines) is 1. The number of hydrogen-bond donors (Lipinski definition) is 2. The predicted octanol–water partition coefficient (Wildman–Crippen LogP) is 3.36. The largest absolute Gasteiger partial charge is 0.354 e. The van der Waals surface area contributed by atoms with Crippen LogP contribution in [0, 0.1) is 11.6 Å². The zero-order valence-corrected chi connectivity index (χ0v) is 18.7. The van der Waals surface area contributed by atoms with E-state index in [1.165, 1.54) is 18.2 Å². The third-order valence-corrected chi connectivity index (χ3v) is 5.53. The average Bonchev–Trinajstić information content (AvgIpc) is 2.75. The van der Waals surface area contributed by atoms with Crippen LogP contribution in [0.1, 0.15) is 29.5 Å². The Balaban J connectivity index is 1.45. The molecule has 2 N–H and O–H groups in total. The monoisotopic (exact) mass is 429 g/mol. The fourth-order valence-corrected chi connectivity index (χ4v) is 3.86. The Kier molecular flexibility index (Phi) is 8.37. The molecule has 1 saturated heterocycles. The van der Waals surface area contributed by atoms with Crippen LogP contribution in [0.15, 0.2) is 47.5 Å². The van der Waals surface area contributed by atoms with Crippen LogP contribution in [0.3, 0.4) is 0 Å². The molecule has 0 radical (unpaired) electrons. The van der Waals surface area contributed by atoms with Gasteiger partial charge >= 0.3 is 0 Å². The first-order valence-electron chi connectivity index (χ1n) is 10.8. The molecule has 2 aromatic rings. The lowest BCUT2D eigenvalue weighted by Crippen LogP contribution is -2.48. The Bertz CT molecular complexity index is 859. The molecule has 0 bridgehead atoms. The van der Waals surface area contributed by atoms with Crippen molar-refractivity contribution in [3.05, 3.63) is 70.8 Å². The Morgan fingerprint density at radius 1 is 1.06 bits per heavy atom. The van der Waals surface area contributed by atoms with E-state index in [0.29, 0.717) is 24.7 Å². The summed E-state index contributed by atoms with van der Waals surface area (Å²) in [7, 11) is 5.63. The zero-order chi connectivity index (χ0) is 22.2. The van der Waals surface area contributed by atoms with Crippen molar-refractivity contribution in [3.63, 3.8) is 0 Å². The maximum absolute atomic E-state index is 14.0. The number of piperidine rings is 1. The SMILES string of the molecule is CN=C(NCc1ccc(F)c(CN(C)C)c1)NC1CCN(Cc2ccc(F)cc2)CC1. The number of rotatable bonds is 7. The topological polar surface area (TPSA) is 42.9 Å². The summed E-state index contributed by atoms with van der Waals surface area (Å²) in [6.45, 7) is 3.97. The first kappa shape index (κ1) is 23.2. The molecule has 1 aliphatic heterocycles. The van der Waals surface area contributed by atoms with Crippen molar-refractivity contribution in [3.8, 4) is 0 Å². The summed E-state index contributed by atoms with van der Waals surface area (Å²) in [5, 5.41) is 6.85. The molecular formula is C24H33F2N5. The van der Waals surface area contributed by atoms with Crippen LogP contribution >= 0.6 is 0 Å². The van der Waals surface area contributed by atoms with Gasteiger partial charge < -0.3 is 15.5 Å². The molecule has 31 heavy (non-hydrogen) atoms. The number of aliphatic imine (C=N–C) groups is 1. The van der Waals surface area contributed by atoms with Crippen molar-refractivity contribution in [1.82, 2.24) is 20.4 Å². The Morgan fingerprint density at radius 2 is 1.74 bits per heavy atom. The van der Waals surface area contributed by atoms with Gasteiger partial charge in [0, 0.05) is 51.4 Å². The van der Waals surface area contributed by atoms with Crippen LogP contribution in [-0.2, 0) is 19.6 Å². The minimum atomic E-state index is -0.194. The molecule has 0 saturated carbocycles. The van der Waals surface area contributed by atoms with E-state index in [9.17, 15) is 8.78 Å². The van der Waals surface area contributed by atoms with Gasteiger partial charge in [0.2, 0.25) is 0 Å². The molecule has 3 rings (SSSR count). The number of hydrogen-bond acceptors (Lipinski definition) is 3. The van der Waals surface area contributed by atoms with Gasteiger partial charge in [-0.2, -0.15) is 0 Å². The number of benzene rings is 2. The predicted molar refractivity (Wildman–Crippen MR) is 122 cm³/mol. The normalized spacial score (nSPS) is 16.0. The highest BCUT2D eigenvalue weighted by Gasteiger charge is 2.20. The number of nitrogens with zero attached hydrogens (tertiary/aromatic N) is 3. The summed E-state index contributed by atoms with van der Waals surface area (Å²) in [4.78, 5) is 8.70. The minimum Gasteiger partial charge on any atom is -0.354 e. The van der Waals surface area contributed by atoms with E-state index in [1.807, 2.05) is 43.3 Å². The van der Waals surface area contributed by atoms with Gasteiger partial charge in [0.1, 0.15) is 11.6 Å². The molecule has 1 aliphatic rings. The van der Waals surface area contributed by atoms with Crippen molar-refractivity contribution in [2.75, 3.05) is 34.2 Å². The van der Waals surface area contributed by atoms with E-state index in [-0.39, 0.29) is 11.6 Å². The highest BCUT2D eigenvalue weighted by molar-refractivity contribution is 5.79. The Labute approximate surface area is 184 Å². The van der Waals surface area contributed by atoms with E-state index in [0.717, 1.165) is 49.6 Å². The molecule has 5 nitrogen and oxygen atoms in total. The highest BCUT2D eigenvalue weighted by Crippen LogP contribution is 2.15. The summed E-state index contributed by atoms with van der Waals surface area (Å²) in [5.74, 6) is 0.392. The molecule has 0 atom stereocenters. The number of halogens is 2. The third kappa shape index (κ3) is 7.29. The lowest BCUT2D eigenvalue weighted by molar-refractivity contribution is 0.198. The van der Waals surface area contributed by atoms with Crippen molar-refractivity contribution in [1.29, 1.82) is 0 Å². The van der Waals surface area contributed by atoms with E-state index >= 15 is 0 Å². The van der Waals surface area contributed by atoms with Gasteiger partial charge in [0.25, 0.3) is 0 Å². The summed E-state index contributed by atoms with van der Waals surface area (Å²) in [6, 6.07) is 12.3. The first-order chi connectivity index (χ1) is 14.9. The van der Waals surface area contributed by atoms with Gasteiger partial charge in [0.05, 0.1) is 0 Å². The molecule has 0 spiro atoms. The van der Waals surface area contributed by atoms with Crippen molar-refractivity contribution in [2.45, 2.75) is 38.5 Å². The lowest BCUT2D eigenvalue weighted by Gasteiger charge is -2.33. The van der Waals surface area contributed by atoms with Crippen molar-refractivity contribution in [2.24, 2.45) is 4.99 Å². The molecule has 1 fully saturated rings. The van der Waals surface area contributed by atoms with Gasteiger partial charge in [-0.3, -0.25) is 9.89 Å². The second-order valence-electron chi connectivity index (χ2n) is 8.41. The summed E-state index contributed by atoms with van der Waals surface area (Å²) >= 11 is 0. The highest BCUT2D eigenvalue weighted by atomic mass is 19.1. The maximum Gasteiger partial charge on any atom is 0.191 e. The molecule has 168 valence electrons. The minimum absolute atomic E-state index is 0.174. The number of guanidine groups is 1.